The van der Waals surface area contributed by atoms with Crippen molar-refractivity contribution in [2.24, 2.45) is 0 Å². The fourth-order valence-electron chi connectivity index (χ4n) is 6.98. The molecule has 1 aromatic heterocycles. The average molecular weight is 603 g/mol. The summed E-state index contributed by atoms with van der Waals surface area (Å²) in [4.78, 5) is 0. The second-order valence-corrected chi connectivity index (χ2v) is 13.8. The Hall–Kier alpha value is -4.38. The van der Waals surface area contributed by atoms with Crippen LogP contribution in [0.4, 0.5) is 0 Å². The summed E-state index contributed by atoms with van der Waals surface area (Å²) >= 11 is 0. The monoisotopic (exact) mass is 602 g/mol. The Balaban J connectivity index is 1.24. The Morgan fingerprint density at radius 1 is 0.609 bits per heavy atom. The topological polar surface area (TPSA) is 31.6 Å². The lowest BCUT2D eigenvalue weighted by molar-refractivity contribution is 0.00578. The third-order valence-corrected chi connectivity index (χ3v) is 10.3. The summed E-state index contributed by atoms with van der Waals surface area (Å²) in [5.41, 5.74) is 11.9. The van der Waals surface area contributed by atoms with E-state index in [9.17, 15) is 0 Å². The summed E-state index contributed by atoms with van der Waals surface area (Å²) in [6, 6.07) is 33.2. The second-order valence-electron chi connectivity index (χ2n) is 13.8. The van der Waals surface area contributed by atoms with Crippen LogP contribution >= 0.6 is 0 Å². The van der Waals surface area contributed by atoms with Crippen LogP contribution in [-0.4, -0.2) is 18.3 Å². The summed E-state index contributed by atoms with van der Waals surface area (Å²) in [5.74, 6) is 0. The van der Waals surface area contributed by atoms with Gasteiger partial charge in [-0.1, -0.05) is 91.0 Å². The lowest BCUT2D eigenvalue weighted by Crippen LogP contribution is -2.41. The van der Waals surface area contributed by atoms with Gasteiger partial charge in [-0.25, -0.2) is 0 Å². The van der Waals surface area contributed by atoms with Crippen molar-refractivity contribution in [3.05, 3.63) is 125 Å². The first-order valence-electron chi connectivity index (χ1n) is 16.6. The van der Waals surface area contributed by atoms with Gasteiger partial charge < -0.3 is 13.7 Å². The molecule has 3 aliphatic rings. The van der Waals surface area contributed by atoms with Crippen LogP contribution in [0.2, 0.25) is 0 Å². The first-order valence-corrected chi connectivity index (χ1v) is 16.6. The smallest absolute Gasteiger partial charge is 0.456 e. The van der Waals surface area contributed by atoms with E-state index < -0.39 is 18.3 Å². The Bertz CT molecular complexity index is 2130. The van der Waals surface area contributed by atoms with Crippen molar-refractivity contribution < 1.29 is 13.7 Å². The highest BCUT2D eigenvalue weighted by Crippen LogP contribution is 2.41. The molecular formula is C42H39BO3. The molecule has 2 heterocycles. The molecule has 0 spiro atoms. The average Bonchev–Trinajstić information content (AvgIpc) is 3.57. The number of hydrogen-bond acceptors (Lipinski definition) is 3. The Kier molecular flexibility index (Phi) is 7.04. The summed E-state index contributed by atoms with van der Waals surface area (Å²) in [6.07, 6.45) is 13.1. The third-order valence-electron chi connectivity index (χ3n) is 10.3. The van der Waals surface area contributed by atoms with E-state index in [0.29, 0.717) is 0 Å². The largest absolute Gasteiger partial charge is 0.491 e. The predicted molar refractivity (Wildman–Crippen MR) is 191 cm³/mol. The Morgan fingerprint density at radius 3 is 2.07 bits per heavy atom. The molecule has 0 bridgehead atoms. The molecule has 0 radical (unpaired) electrons. The molecule has 1 aliphatic heterocycles. The number of fused-ring (bicyclic) bond motifs is 3. The predicted octanol–water partition coefficient (Wildman–Crippen LogP) is 9.52. The first kappa shape index (κ1) is 29.1. The summed E-state index contributed by atoms with van der Waals surface area (Å²) in [5, 5.41) is 2.24. The molecular weight excluding hydrogens is 563 g/mol. The van der Waals surface area contributed by atoms with Crippen LogP contribution in [0.3, 0.4) is 0 Å². The van der Waals surface area contributed by atoms with E-state index in [4.69, 9.17) is 13.7 Å². The first-order chi connectivity index (χ1) is 22.3. The van der Waals surface area contributed by atoms with E-state index in [2.05, 4.69) is 143 Å². The molecule has 8 rings (SSSR count). The lowest BCUT2D eigenvalue weighted by Gasteiger charge is -2.32. The summed E-state index contributed by atoms with van der Waals surface area (Å²) in [7, 11) is -0.391. The zero-order chi connectivity index (χ0) is 31.5. The van der Waals surface area contributed by atoms with E-state index in [1.807, 2.05) is 0 Å². The summed E-state index contributed by atoms with van der Waals surface area (Å²) in [6.45, 7) is 8.46. The van der Waals surface area contributed by atoms with Gasteiger partial charge in [0.05, 0.1) is 11.2 Å². The van der Waals surface area contributed by atoms with E-state index in [-0.39, 0.29) is 0 Å². The normalized spacial score (nSPS) is 18.4. The van der Waals surface area contributed by atoms with Gasteiger partial charge in [0.2, 0.25) is 0 Å². The number of hydrogen-bond donors (Lipinski definition) is 0. The third kappa shape index (κ3) is 5.01. The fourth-order valence-corrected chi connectivity index (χ4v) is 6.98. The molecule has 2 aliphatic carbocycles. The minimum Gasteiger partial charge on any atom is -0.456 e. The van der Waals surface area contributed by atoms with Crippen molar-refractivity contribution >= 4 is 35.2 Å². The quantitative estimate of drug-likeness (QED) is 0.188. The van der Waals surface area contributed by atoms with Gasteiger partial charge in [-0.2, -0.15) is 0 Å². The zero-order valence-corrected chi connectivity index (χ0v) is 27.1. The van der Waals surface area contributed by atoms with Crippen molar-refractivity contribution in [1.29, 1.82) is 0 Å². The van der Waals surface area contributed by atoms with Gasteiger partial charge in [0.15, 0.2) is 0 Å². The van der Waals surface area contributed by atoms with Crippen molar-refractivity contribution in [3.63, 3.8) is 0 Å². The van der Waals surface area contributed by atoms with Crippen LogP contribution in [-0.2, 0) is 9.31 Å². The SMILES string of the molecule is CC1(C)OB(C2=c3c(oc4ccc(-c5ccc(-c6ccc(C7=CCCC=C7)cc6)cc5-c5ccccc5)cc34)=CCC2)OC1(C)C. The molecule has 46 heavy (non-hydrogen) atoms. The van der Waals surface area contributed by atoms with Crippen LogP contribution in [0.1, 0.15) is 58.9 Å². The Morgan fingerprint density at radius 2 is 1.33 bits per heavy atom. The minimum atomic E-state index is -0.395. The van der Waals surface area contributed by atoms with Crippen LogP contribution in [0.5, 0.6) is 0 Å². The van der Waals surface area contributed by atoms with E-state index in [1.165, 1.54) is 44.4 Å². The fraction of sp³-hybridized carbons (Fsp3) is 0.238. The van der Waals surface area contributed by atoms with Gasteiger partial charge in [0.1, 0.15) is 11.0 Å². The molecule has 0 N–H and O–H groups in total. The van der Waals surface area contributed by atoms with Crippen LogP contribution in [0.15, 0.2) is 114 Å². The van der Waals surface area contributed by atoms with Gasteiger partial charge in [0.25, 0.3) is 0 Å². The van der Waals surface area contributed by atoms with Crippen molar-refractivity contribution in [3.8, 4) is 33.4 Å². The van der Waals surface area contributed by atoms with Gasteiger partial charge in [0, 0.05) is 10.6 Å². The highest BCUT2D eigenvalue weighted by molar-refractivity contribution is 6.66. The number of furan rings is 1. The maximum atomic E-state index is 6.55. The molecule has 4 aromatic carbocycles. The molecule has 1 saturated heterocycles. The minimum absolute atomic E-state index is 0.391. The van der Waals surface area contributed by atoms with Gasteiger partial charge in [-0.15, -0.1) is 0 Å². The van der Waals surface area contributed by atoms with Crippen LogP contribution in [0, 0.1) is 0 Å². The highest BCUT2D eigenvalue weighted by Gasteiger charge is 2.52. The van der Waals surface area contributed by atoms with Gasteiger partial charge in [-0.05, 0) is 128 Å². The van der Waals surface area contributed by atoms with Crippen molar-refractivity contribution in [2.75, 3.05) is 0 Å². The van der Waals surface area contributed by atoms with E-state index >= 15 is 0 Å². The van der Waals surface area contributed by atoms with Crippen molar-refractivity contribution in [2.45, 2.75) is 64.6 Å². The maximum Gasteiger partial charge on any atom is 0.491 e. The van der Waals surface area contributed by atoms with E-state index in [1.54, 1.807) is 0 Å². The van der Waals surface area contributed by atoms with Crippen LogP contribution in [0.25, 0.3) is 61.5 Å². The molecule has 1 fully saturated rings. The molecule has 228 valence electrons. The molecule has 0 amide bonds. The Labute approximate surface area is 271 Å². The lowest BCUT2D eigenvalue weighted by atomic mass is 9.73. The molecule has 3 nitrogen and oxygen atoms in total. The molecule has 5 aromatic rings. The number of rotatable bonds is 5. The van der Waals surface area contributed by atoms with Gasteiger partial charge in [-0.3, -0.25) is 0 Å². The molecule has 0 atom stereocenters. The molecule has 0 saturated carbocycles. The molecule has 0 unspecified atom stereocenters. The van der Waals surface area contributed by atoms with Crippen molar-refractivity contribution in [1.82, 2.24) is 0 Å². The highest BCUT2D eigenvalue weighted by atomic mass is 16.7. The molecule has 4 heteroatoms. The second kappa shape index (κ2) is 11.2. The number of allylic oxidation sites excluding steroid dienone is 4. The van der Waals surface area contributed by atoms with E-state index in [0.717, 1.165) is 52.9 Å². The summed E-state index contributed by atoms with van der Waals surface area (Å²) < 4.78 is 19.5. The number of benzene rings is 4. The maximum absolute atomic E-state index is 6.55. The van der Waals surface area contributed by atoms with Gasteiger partial charge >= 0.3 is 7.12 Å². The standard InChI is InChI=1S/C42H39BO3/c1-41(2)42(3,4)46-43(45-41)37-16-11-17-39-40(37)36-27-33(23-25-38(36)44-39)34-24-22-32(26-35(34)31-14-9-6-10-15-31)30-20-18-29(19-21-30)28-12-7-5-8-13-28/h6-7,9-10,12-15,17-27H,5,8,11,16H2,1-4H3. The van der Waals surface area contributed by atoms with Crippen LogP contribution < -0.4 is 10.6 Å². The zero-order valence-electron chi connectivity index (χ0n) is 27.1.